The number of hydrogen-bond donors (Lipinski definition) is 0. The molecule has 0 fully saturated rings. The Balaban J connectivity index is 2.09. The van der Waals surface area contributed by atoms with Crippen molar-refractivity contribution in [3.05, 3.63) is 59.0 Å². The first-order valence-electron chi connectivity index (χ1n) is 5.29. The number of rotatable bonds is 1. The van der Waals surface area contributed by atoms with Gasteiger partial charge in [-0.2, -0.15) is 0 Å². The van der Waals surface area contributed by atoms with Gasteiger partial charge >= 0.3 is 0 Å². The first-order valence-corrected chi connectivity index (χ1v) is 6.08. The second kappa shape index (κ2) is 4.03. The standard InChI is InChI=1S/C13H8BrN3O/c1-8-9-4-2-3-5-10(9)13(18)17(8)12-7-15-11(14)6-16-12/h2-7H,1H2. The van der Waals surface area contributed by atoms with Crippen LogP contribution in [-0.4, -0.2) is 15.9 Å². The lowest BCUT2D eigenvalue weighted by atomic mass is 10.1. The van der Waals surface area contributed by atoms with E-state index in [0.717, 1.165) is 5.56 Å². The van der Waals surface area contributed by atoms with Crippen molar-refractivity contribution in [3.63, 3.8) is 0 Å². The highest BCUT2D eigenvalue weighted by Crippen LogP contribution is 2.34. The number of hydrogen-bond acceptors (Lipinski definition) is 3. The number of benzene rings is 1. The van der Waals surface area contributed by atoms with E-state index in [1.54, 1.807) is 18.5 Å². The molecule has 0 atom stereocenters. The Morgan fingerprint density at radius 1 is 1.11 bits per heavy atom. The minimum atomic E-state index is -0.118. The number of fused-ring (bicyclic) bond motifs is 1. The molecule has 1 amide bonds. The quantitative estimate of drug-likeness (QED) is 0.813. The minimum Gasteiger partial charge on any atom is -0.268 e. The van der Waals surface area contributed by atoms with Gasteiger partial charge in [-0.1, -0.05) is 24.8 Å². The molecule has 0 N–H and O–H groups in total. The predicted molar refractivity (Wildman–Crippen MR) is 72.0 cm³/mol. The van der Waals surface area contributed by atoms with Crippen LogP contribution in [0.15, 0.2) is 47.8 Å². The van der Waals surface area contributed by atoms with Crippen LogP contribution in [0.4, 0.5) is 5.82 Å². The fourth-order valence-corrected chi connectivity index (χ4v) is 2.15. The van der Waals surface area contributed by atoms with Crippen molar-refractivity contribution in [1.29, 1.82) is 0 Å². The van der Waals surface area contributed by atoms with Crippen LogP contribution in [0.2, 0.25) is 0 Å². The molecule has 88 valence electrons. The largest absolute Gasteiger partial charge is 0.268 e. The molecule has 0 saturated carbocycles. The predicted octanol–water partition coefficient (Wildman–Crippen LogP) is 2.87. The molecular weight excluding hydrogens is 294 g/mol. The van der Waals surface area contributed by atoms with Crippen LogP contribution in [0.1, 0.15) is 15.9 Å². The Bertz CT molecular complexity index is 617. The molecule has 18 heavy (non-hydrogen) atoms. The maximum Gasteiger partial charge on any atom is 0.264 e. The highest BCUT2D eigenvalue weighted by atomic mass is 79.9. The van der Waals surface area contributed by atoms with Gasteiger partial charge in [0, 0.05) is 11.1 Å². The summed E-state index contributed by atoms with van der Waals surface area (Å²) in [5.74, 6) is 0.358. The molecular formula is C13H8BrN3O. The van der Waals surface area contributed by atoms with E-state index in [0.29, 0.717) is 21.7 Å². The van der Waals surface area contributed by atoms with Crippen LogP contribution in [0.3, 0.4) is 0 Å². The SMILES string of the molecule is C=C1c2ccccc2C(=O)N1c1cnc(Br)cn1. The summed E-state index contributed by atoms with van der Waals surface area (Å²) in [6.45, 7) is 3.95. The van der Waals surface area contributed by atoms with Crippen LogP contribution in [-0.2, 0) is 0 Å². The van der Waals surface area contributed by atoms with Crippen molar-refractivity contribution in [2.45, 2.75) is 0 Å². The third kappa shape index (κ3) is 1.55. The second-order valence-corrected chi connectivity index (χ2v) is 4.64. The molecule has 1 aliphatic heterocycles. The molecule has 0 aliphatic carbocycles. The third-order valence-corrected chi connectivity index (χ3v) is 3.19. The minimum absolute atomic E-state index is 0.118. The lowest BCUT2D eigenvalue weighted by molar-refractivity contribution is 0.101. The normalized spacial score (nSPS) is 13.9. The number of nitrogens with zero attached hydrogens (tertiary/aromatic N) is 3. The molecule has 1 aromatic heterocycles. The van der Waals surface area contributed by atoms with Crippen LogP contribution >= 0.6 is 15.9 Å². The van der Waals surface area contributed by atoms with Crippen molar-refractivity contribution in [2.24, 2.45) is 0 Å². The van der Waals surface area contributed by atoms with E-state index in [-0.39, 0.29) is 5.91 Å². The summed E-state index contributed by atoms with van der Waals surface area (Å²) in [4.78, 5) is 22.0. The van der Waals surface area contributed by atoms with Crippen molar-refractivity contribution >= 4 is 33.4 Å². The van der Waals surface area contributed by atoms with Crippen LogP contribution in [0, 0.1) is 0 Å². The van der Waals surface area contributed by atoms with Gasteiger partial charge in [-0.25, -0.2) is 9.97 Å². The van der Waals surface area contributed by atoms with Crippen molar-refractivity contribution in [3.8, 4) is 0 Å². The average molecular weight is 302 g/mol. The van der Waals surface area contributed by atoms with E-state index in [1.807, 2.05) is 18.2 Å². The molecule has 0 unspecified atom stereocenters. The molecule has 0 saturated heterocycles. The second-order valence-electron chi connectivity index (χ2n) is 3.83. The molecule has 1 aromatic carbocycles. The number of amides is 1. The average Bonchev–Trinajstić information content (AvgIpc) is 2.64. The topological polar surface area (TPSA) is 46.1 Å². The summed E-state index contributed by atoms with van der Waals surface area (Å²) < 4.78 is 0.626. The zero-order chi connectivity index (χ0) is 12.7. The zero-order valence-corrected chi connectivity index (χ0v) is 10.9. The zero-order valence-electron chi connectivity index (χ0n) is 9.30. The van der Waals surface area contributed by atoms with E-state index in [9.17, 15) is 4.79 Å². The van der Waals surface area contributed by atoms with Gasteiger partial charge in [-0.15, -0.1) is 0 Å². The maximum absolute atomic E-state index is 12.3. The van der Waals surface area contributed by atoms with Crippen LogP contribution in [0.25, 0.3) is 5.70 Å². The number of anilines is 1. The van der Waals surface area contributed by atoms with Crippen molar-refractivity contribution in [2.75, 3.05) is 4.90 Å². The smallest absolute Gasteiger partial charge is 0.264 e. The van der Waals surface area contributed by atoms with Gasteiger partial charge < -0.3 is 0 Å². The Morgan fingerprint density at radius 2 is 1.83 bits per heavy atom. The molecule has 3 rings (SSSR count). The monoisotopic (exact) mass is 301 g/mol. The van der Waals surface area contributed by atoms with Gasteiger partial charge in [0.05, 0.1) is 18.1 Å². The molecule has 4 nitrogen and oxygen atoms in total. The van der Waals surface area contributed by atoms with Crippen LogP contribution in [0.5, 0.6) is 0 Å². The fraction of sp³-hybridized carbons (Fsp3) is 0. The van der Waals surface area contributed by atoms with Gasteiger partial charge in [0.15, 0.2) is 5.82 Å². The molecule has 0 radical (unpaired) electrons. The van der Waals surface area contributed by atoms with E-state index in [4.69, 9.17) is 0 Å². The molecule has 2 aromatic rings. The summed E-state index contributed by atoms with van der Waals surface area (Å²) in [7, 11) is 0. The lowest BCUT2D eigenvalue weighted by Crippen LogP contribution is -2.23. The van der Waals surface area contributed by atoms with Crippen molar-refractivity contribution < 1.29 is 4.79 Å². The summed E-state index contributed by atoms with van der Waals surface area (Å²) in [5.41, 5.74) is 2.12. The van der Waals surface area contributed by atoms with Gasteiger partial charge in [0.25, 0.3) is 5.91 Å². The molecule has 2 heterocycles. The maximum atomic E-state index is 12.3. The lowest BCUT2D eigenvalue weighted by Gasteiger charge is -2.15. The Kier molecular flexibility index (Phi) is 2.48. The highest BCUT2D eigenvalue weighted by Gasteiger charge is 2.32. The summed E-state index contributed by atoms with van der Waals surface area (Å²) >= 11 is 3.21. The first kappa shape index (κ1) is 11.1. The first-order chi connectivity index (χ1) is 8.68. The fourth-order valence-electron chi connectivity index (χ4n) is 1.95. The Labute approximate surface area is 112 Å². The van der Waals surface area contributed by atoms with Crippen molar-refractivity contribution in [1.82, 2.24) is 9.97 Å². The molecule has 1 aliphatic rings. The van der Waals surface area contributed by atoms with E-state index >= 15 is 0 Å². The van der Waals surface area contributed by atoms with Gasteiger partial charge in [-0.05, 0) is 22.0 Å². The summed E-state index contributed by atoms with van der Waals surface area (Å²) in [6.07, 6.45) is 3.10. The number of carbonyl (C=O) groups excluding carboxylic acids is 1. The highest BCUT2D eigenvalue weighted by molar-refractivity contribution is 9.10. The summed E-state index contributed by atoms with van der Waals surface area (Å²) in [6, 6.07) is 7.38. The number of carbonyl (C=O) groups is 1. The Hall–Kier alpha value is -2.01. The van der Waals surface area contributed by atoms with E-state index < -0.39 is 0 Å². The van der Waals surface area contributed by atoms with Gasteiger partial charge in [0.2, 0.25) is 0 Å². The number of aromatic nitrogens is 2. The molecule has 5 heteroatoms. The third-order valence-electron chi connectivity index (χ3n) is 2.78. The van der Waals surface area contributed by atoms with Gasteiger partial charge in [-0.3, -0.25) is 9.69 Å². The Morgan fingerprint density at radius 3 is 2.44 bits per heavy atom. The molecule has 0 spiro atoms. The summed E-state index contributed by atoms with van der Waals surface area (Å²) in [5, 5.41) is 0. The van der Waals surface area contributed by atoms with Crippen LogP contribution < -0.4 is 4.90 Å². The van der Waals surface area contributed by atoms with E-state index in [2.05, 4.69) is 32.5 Å². The molecule has 0 bridgehead atoms. The number of halogens is 1. The van der Waals surface area contributed by atoms with Gasteiger partial charge in [0.1, 0.15) is 4.60 Å². The van der Waals surface area contributed by atoms with E-state index in [1.165, 1.54) is 4.90 Å².